The highest BCUT2D eigenvalue weighted by Crippen LogP contribution is 2.23. The molecule has 1 aliphatic heterocycles. The first-order chi connectivity index (χ1) is 10.2. The number of rotatable bonds is 8. The SMILES string of the molecule is CCn1nc(C)c(Br)c1CN(CCOC)CC1CCCN1. The minimum atomic E-state index is 0.611. The molecule has 0 radical (unpaired) electrons. The smallest absolute Gasteiger partial charge is 0.0739 e. The zero-order valence-corrected chi connectivity index (χ0v) is 14.9. The van der Waals surface area contributed by atoms with Crippen LogP contribution in [0.4, 0.5) is 0 Å². The summed E-state index contributed by atoms with van der Waals surface area (Å²) in [5.41, 5.74) is 2.33. The van der Waals surface area contributed by atoms with E-state index in [2.05, 4.69) is 49.8 Å². The lowest BCUT2D eigenvalue weighted by atomic mass is 10.2. The Labute approximate surface area is 136 Å². The molecule has 0 aromatic carbocycles. The lowest BCUT2D eigenvalue weighted by molar-refractivity contribution is 0.136. The Morgan fingerprint density at radius 2 is 2.33 bits per heavy atom. The molecule has 1 aliphatic rings. The summed E-state index contributed by atoms with van der Waals surface area (Å²) < 4.78 is 8.51. The van der Waals surface area contributed by atoms with Crippen molar-refractivity contribution in [3.8, 4) is 0 Å². The monoisotopic (exact) mass is 358 g/mol. The molecular formula is C15H27BrN4O. The minimum absolute atomic E-state index is 0.611. The molecule has 0 amide bonds. The van der Waals surface area contributed by atoms with Gasteiger partial charge in [0.15, 0.2) is 0 Å². The van der Waals surface area contributed by atoms with Crippen LogP contribution in [0.1, 0.15) is 31.2 Å². The molecule has 1 fully saturated rings. The van der Waals surface area contributed by atoms with Gasteiger partial charge in [-0.3, -0.25) is 9.58 Å². The molecule has 1 saturated heterocycles. The van der Waals surface area contributed by atoms with E-state index in [9.17, 15) is 0 Å². The van der Waals surface area contributed by atoms with E-state index in [1.54, 1.807) is 7.11 Å². The van der Waals surface area contributed by atoms with Gasteiger partial charge in [-0.2, -0.15) is 5.10 Å². The maximum Gasteiger partial charge on any atom is 0.0739 e. The van der Waals surface area contributed by atoms with Crippen LogP contribution in [-0.4, -0.2) is 54.1 Å². The number of methoxy groups -OCH3 is 1. The molecule has 1 aromatic heterocycles. The van der Waals surface area contributed by atoms with Crippen molar-refractivity contribution in [2.24, 2.45) is 0 Å². The standard InChI is InChI=1S/C15H27BrN4O/c1-4-20-14(15(16)12(2)18-20)11-19(8-9-21-3)10-13-6-5-7-17-13/h13,17H,4-11H2,1-3H3. The maximum atomic E-state index is 5.27. The van der Waals surface area contributed by atoms with Crippen LogP contribution in [0.3, 0.4) is 0 Å². The first-order valence-corrected chi connectivity index (χ1v) is 8.61. The van der Waals surface area contributed by atoms with Crippen LogP contribution in [0.15, 0.2) is 4.47 Å². The molecule has 1 aromatic rings. The first kappa shape index (κ1) is 16.9. The van der Waals surface area contributed by atoms with E-state index in [4.69, 9.17) is 4.74 Å². The van der Waals surface area contributed by atoms with Crippen molar-refractivity contribution in [3.05, 3.63) is 15.9 Å². The van der Waals surface area contributed by atoms with E-state index >= 15 is 0 Å². The molecule has 0 spiro atoms. The molecule has 2 heterocycles. The largest absolute Gasteiger partial charge is 0.383 e. The number of hydrogen-bond acceptors (Lipinski definition) is 4. The van der Waals surface area contributed by atoms with E-state index in [-0.39, 0.29) is 0 Å². The maximum absolute atomic E-state index is 5.27. The zero-order valence-electron chi connectivity index (χ0n) is 13.4. The van der Waals surface area contributed by atoms with Crippen molar-refractivity contribution in [2.45, 2.75) is 45.8 Å². The van der Waals surface area contributed by atoms with E-state index < -0.39 is 0 Å². The van der Waals surface area contributed by atoms with Crippen LogP contribution in [-0.2, 0) is 17.8 Å². The second-order valence-corrected chi connectivity index (χ2v) is 6.48. The predicted octanol–water partition coefficient (Wildman–Crippen LogP) is 2.17. The van der Waals surface area contributed by atoms with Crippen molar-refractivity contribution < 1.29 is 4.74 Å². The normalized spacial score (nSPS) is 18.8. The minimum Gasteiger partial charge on any atom is -0.383 e. The van der Waals surface area contributed by atoms with Gasteiger partial charge < -0.3 is 10.1 Å². The van der Waals surface area contributed by atoms with Crippen LogP contribution in [0.25, 0.3) is 0 Å². The fourth-order valence-corrected chi connectivity index (χ4v) is 3.32. The highest BCUT2D eigenvalue weighted by molar-refractivity contribution is 9.10. The summed E-state index contributed by atoms with van der Waals surface area (Å²) in [4.78, 5) is 2.47. The third-order valence-electron chi connectivity index (χ3n) is 4.08. The Hall–Kier alpha value is -0.430. The summed E-state index contributed by atoms with van der Waals surface area (Å²) in [6, 6.07) is 0.611. The average Bonchev–Trinajstić information content (AvgIpc) is 3.08. The van der Waals surface area contributed by atoms with Crippen LogP contribution in [0.2, 0.25) is 0 Å². The van der Waals surface area contributed by atoms with E-state index in [0.29, 0.717) is 6.04 Å². The first-order valence-electron chi connectivity index (χ1n) is 7.82. The predicted molar refractivity (Wildman–Crippen MR) is 88.5 cm³/mol. The molecule has 120 valence electrons. The molecule has 1 N–H and O–H groups in total. The molecule has 6 heteroatoms. The molecule has 1 atom stereocenters. The van der Waals surface area contributed by atoms with E-state index in [1.165, 1.54) is 18.5 Å². The zero-order chi connectivity index (χ0) is 15.2. The quantitative estimate of drug-likeness (QED) is 0.773. The van der Waals surface area contributed by atoms with Crippen molar-refractivity contribution in [2.75, 3.05) is 33.4 Å². The van der Waals surface area contributed by atoms with Gasteiger partial charge in [0.2, 0.25) is 0 Å². The van der Waals surface area contributed by atoms with Crippen molar-refractivity contribution >= 4 is 15.9 Å². The fraction of sp³-hybridized carbons (Fsp3) is 0.800. The van der Waals surface area contributed by atoms with Gasteiger partial charge in [-0.1, -0.05) is 0 Å². The van der Waals surface area contributed by atoms with Gasteiger partial charge in [-0.25, -0.2) is 0 Å². The van der Waals surface area contributed by atoms with Gasteiger partial charge in [-0.15, -0.1) is 0 Å². The second kappa shape index (κ2) is 8.27. The number of ether oxygens (including phenoxy) is 1. The Bertz CT molecular complexity index is 443. The van der Waals surface area contributed by atoms with Gasteiger partial charge in [0, 0.05) is 39.3 Å². The Balaban J connectivity index is 2.06. The molecule has 1 unspecified atom stereocenters. The van der Waals surface area contributed by atoms with Gasteiger partial charge >= 0.3 is 0 Å². The molecule has 0 aliphatic carbocycles. The van der Waals surface area contributed by atoms with Gasteiger partial charge in [0.1, 0.15) is 0 Å². The van der Waals surface area contributed by atoms with Gasteiger partial charge in [-0.05, 0) is 49.2 Å². The Kier molecular flexibility index (Phi) is 6.67. The van der Waals surface area contributed by atoms with Crippen LogP contribution in [0.5, 0.6) is 0 Å². The molecular weight excluding hydrogens is 332 g/mol. The number of nitrogens with zero attached hydrogens (tertiary/aromatic N) is 3. The van der Waals surface area contributed by atoms with Crippen molar-refractivity contribution in [1.29, 1.82) is 0 Å². The molecule has 0 saturated carbocycles. The third-order valence-corrected chi connectivity index (χ3v) is 5.11. The van der Waals surface area contributed by atoms with E-state index in [1.807, 2.05) is 0 Å². The summed E-state index contributed by atoms with van der Waals surface area (Å²) >= 11 is 3.69. The topological polar surface area (TPSA) is 42.3 Å². The van der Waals surface area contributed by atoms with Crippen molar-refractivity contribution in [3.63, 3.8) is 0 Å². The number of nitrogens with one attached hydrogen (secondary N) is 1. The summed E-state index contributed by atoms with van der Waals surface area (Å²) in [6.07, 6.45) is 2.56. The highest BCUT2D eigenvalue weighted by Gasteiger charge is 2.21. The number of halogens is 1. The summed E-state index contributed by atoms with van der Waals surface area (Å²) in [5.74, 6) is 0. The lowest BCUT2D eigenvalue weighted by Crippen LogP contribution is -2.39. The summed E-state index contributed by atoms with van der Waals surface area (Å²) in [6.45, 7) is 9.96. The third kappa shape index (κ3) is 4.52. The fourth-order valence-electron chi connectivity index (χ4n) is 2.91. The Morgan fingerprint density at radius 1 is 1.52 bits per heavy atom. The molecule has 21 heavy (non-hydrogen) atoms. The highest BCUT2D eigenvalue weighted by atomic mass is 79.9. The molecule has 2 rings (SSSR count). The summed E-state index contributed by atoms with van der Waals surface area (Å²) in [7, 11) is 1.77. The lowest BCUT2D eigenvalue weighted by Gasteiger charge is -2.25. The summed E-state index contributed by atoms with van der Waals surface area (Å²) in [5, 5.41) is 8.17. The number of aryl methyl sites for hydroxylation is 2. The number of hydrogen-bond donors (Lipinski definition) is 1. The molecule has 0 bridgehead atoms. The van der Waals surface area contributed by atoms with Gasteiger partial charge in [0.25, 0.3) is 0 Å². The van der Waals surface area contributed by atoms with Crippen LogP contribution >= 0.6 is 15.9 Å². The van der Waals surface area contributed by atoms with Crippen LogP contribution < -0.4 is 5.32 Å². The van der Waals surface area contributed by atoms with E-state index in [0.717, 1.165) is 49.5 Å². The number of aromatic nitrogens is 2. The average molecular weight is 359 g/mol. The van der Waals surface area contributed by atoms with Crippen LogP contribution in [0, 0.1) is 6.92 Å². The van der Waals surface area contributed by atoms with Gasteiger partial charge in [0.05, 0.1) is 22.5 Å². The Morgan fingerprint density at radius 3 is 2.95 bits per heavy atom. The molecule has 5 nitrogen and oxygen atoms in total. The van der Waals surface area contributed by atoms with Crippen molar-refractivity contribution in [1.82, 2.24) is 20.0 Å². The second-order valence-electron chi connectivity index (χ2n) is 5.68.